The molecule has 0 unspecified atom stereocenters. The van der Waals surface area contributed by atoms with Crippen LogP contribution in [0.1, 0.15) is 38.8 Å². The Labute approximate surface area is 125 Å². The summed E-state index contributed by atoms with van der Waals surface area (Å²) in [6, 6.07) is 0.125. The van der Waals surface area contributed by atoms with Gasteiger partial charge in [-0.2, -0.15) is 0 Å². The van der Waals surface area contributed by atoms with Crippen LogP contribution in [-0.2, 0) is 9.53 Å². The summed E-state index contributed by atoms with van der Waals surface area (Å²) in [5.74, 6) is -6.06. The third-order valence-electron chi connectivity index (χ3n) is 2.51. The number of carbonyl (C=O) groups is 2. The first-order chi connectivity index (χ1) is 10.0. The molecule has 0 heterocycles. The number of alkyl carbamates (subject to hydrolysis) is 1. The predicted octanol–water partition coefficient (Wildman–Crippen LogP) is 3.14. The normalized spacial score (nSPS) is 12.6. The first kappa shape index (κ1) is 17.8. The molecule has 0 aromatic heterocycles. The third-order valence-corrected chi connectivity index (χ3v) is 2.51. The Hall–Kier alpha value is -2.25. The molecule has 0 spiro atoms. The number of hydrogen-bond acceptors (Lipinski definition) is 3. The van der Waals surface area contributed by atoms with E-state index in [1.165, 1.54) is 0 Å². The Balaban J connectivity index is 3.06. The number of ether oxygens (including phenoxy) is 1. The van der Waals surface area contributed by atoms with Crippen LogP contribution >= 0.6 is 0 Å². The molecule has 1 amide bonds. The van der Waals surface area contributed by atoms with Gasteiger partial charge < -0.3 is 15.2 Å². The summed E-state index contributed by atoms with van der Waals surface area (Å²) in [7, 11) is 0. The van der Waals surface area contributed by atoms with Crippen molar-refractivity contribution in [1.29, 1.82) is 0 Å². The summed E-state index contributed by atoms with van der Waals surface area (Å²) in [6.45, 7) is 4.74. The lowest BCUT2D eigenvalue weighted by Crippen LogP contribution is -2.36. The van der Waals surface area contributed by atoms with Crippen LogP contribution in [0, 0.1) is 17.5 Å². The Morgan fingerprint density at radius 3 is 2.32 bits per heavy atom. The second-order valence-electron chi connectivity index (χ2n) is 5.56. The van der Waals surface area contributed by atoms with E-state index in [1.807, 2.05) is 0 Å². The summed E-state index contributed by atoms with van der Waals surface area (Å²) >= 11 is 0. The van der Waals surface area contributed by atoms with E-state index >= 15 is 0 Å². The SMILES string of the molecule is CC(C)(C)OC(=O)N[C@H](CC(=O)O)c1ccc(F)c(F)c1F. The van der Waals surface area contributed by atoms with Crippen molar-refractivity contribution in [2.75, 3.05) is 0 Å². The van der Waals surface area contributed by atoms with Gasteiger partial charge in [-0.05, 0) is 26.8 Å². The van der Waals surface area contributed by atoms with Crippen LogP contribution in [0.2, 0.25) is 0 Å². The van der Waals surface area contributed by atoms with Crippen molar-refractivity contribution in [3.8, 4) is 0 Å². The van der Waals surface area contributed by atoms with Gasteiger partial charge in [0.05, 0.1) is 12.5 Å². The molecule has 1 aromatic rings. The van der Waals surface area contributed by atoms with Gasteiger partial charge in [0, 0.05) is 5.56 Å². The van der Waals surface area contributed by atoms with Crippen LogP contribution in [0.25, 0.3) is 0 Å². The zero-order chi connectivity index (χ0) is 17.1. The van der Waals surface area contributed by atoms with E-state index in [2.05, 4.69) is 5.32 Å². The summed E-state index contributed by atoms with van der Waals surface area (Å²) in [5.41, 5.74) is -1.34. The molecule has 1 aromatic carbocycles. The van der Waals surface area contributed by atoms with Gasteiger partial charge in [0.15, 0.2) is 17.5 Å². The quantitative estimate of drug-likeness (QED) is 0.836. The van der Waals surface area contributed by atoms with Crippen molar-refractivity contribution < 1.29 is 32.6 Å². The topological polar surface area (TPSA) is 75.6 Å². The largest absolute Gasteiger partial charge is 0.481 e. The number of carboxylic acid groups (broad SMARTS) is 1. The first-order valence-electron chi connectivity index (χ1n) is 6.36. The maximum atomic E-state index is 13.8. The van der Waals surface area contributed by atoms with Crippen LogP contribution in [0.4, 0.5) is 18.0 Å². The van der Waals surface area contributed by atoms with Crippen LogP contribution in [0.15, 0.2) is 12.1 Å². The second-order valence-corrected chi connectivity index (χ2v) is 5.56. The van der Waals surface area contributed by atoms with E-state index in [0.717, 1.165) is 6.07 Å². The lowest BCUT2D eigenvalue weighted by atomic mass is 10.0. The molecule has 1 atom stereocenters. The van der Waals surface area contributed by atoms with Crippen LogP contribution in [0.3, 0.4) is 0 Å². The zero-order valence-corrected chi connectivity index (χ0v) is 12.2. The summed E-state index contributed by atoms with van der Waals surface area (Å²) in [5, 5.41) is 11.0. The lowest BCUT2D eigenvalue weighted by molar-refractivity contribution is -0.137. The van der Waals surface area contributed by atoms with Crippen LogP contribution in [0.5, 0.6) is 0 Å². The highest BCUT2D eigenvalue weighted by Crippen LogP contribution is 2.24. The molecule has 0 radical (unpaired) electrons. The zero-order valence-electron chi connectivity index (χ0n) is 12.2. The molecule has 0 saturated carbocycles. The molecule has 0 saturated heterocycles. The van der Waals surface area contributed by atoms with Crippen molar-refractivity contribution >= 4 is 12.1 Å². The third kappa shape index (κ3) is 4.94. The van der Waals surface area contributed by atoms with Crippen molar-refractivity contribution in [2.24, 2.45) is 0 Å². The predicted molar refractivity (Wildman–Crippen MR) is 70.7 cm³/mol. The molecule has 0 aliphatic heterocycles. The van der Waals surface area contributed by atoms with E-state index in [9.17, 15) is 22.8 Å². The summed E-state index contributed by atoms with van der Waals surface area (Å²) in [6.07, 6.45) is -1.72. The van der Waals surface area contributed by atoms with Crippen molar-refractivity contribution in [1.82, 2.24) is 5.32 Å². The molecule has 2 N–H and O–H groups in total. The van der Waals surface area contributed by atoms with Crippen LogP contribution in [-0.4, -0.2) is 22.8 Å². The average molecular weight is 319 g/mol. The molecule has 0 aliphatic carbocycles. The van der Waals surface area contributed by atoms with Gasteiger partial charge in [0.2, 0.25) is 0 Å². The van der Waals surface area contributed by atoms with Crippen LogP contribution < -0.4 is 5.32 Å². The minimum atomic E-state index is -1.74. The number of hydrogen-bond donors (Lipinski definition) is 2. The van der Waals surface area contributed by atoms with E-state index in [0.29, 0.717) is 6.07 Å². The monoisotopic (exact) mass is 319 g/mol. The fourth-order valence-electron chi connectivity index (χ4n) is 1.67. The highest BCUT2D eigenvalue weighted by molar-refractivity contribution is 5.72. The minimum absolute atomic E-state index is 0.479. The van der Waals surface area contributed by atoms with E-state index in [1.54, 1.807) is 20.8 Å². The fraction of sp³-hybridized carbons (Fsp3) is 0.429. The molecule has 0 fully saturated rings. The number of carboxylic acids is 1. The first-order valence-corrected chi connectivity index (χ1v) is 6.36. The van der Waals surface area contributed by atoms with Gasteiger partial charge in [-0.1, -0.05) is 6.07 Å². The Morgan fingerprint density at radius 1 is 1.23 bits per heavy atom. The highest BCUT2D eigenvalue weighted by atomic mass is 19.2. The molecule has 122 valence electrons. The average Bonchev–Trinajstić information content (AvgIpc) is 2.32. The summed E-state index contributed by atoms with van der Waals surface area (Å²) < 4.78 is 44.9. The number of aliphatic carboxylic acids is 1. The lowest BCUT2D eigenvalue weighted by Gasteiger charge is -2.23. The fourth-order valence-corrected chi connectivity index (χ4v) is 1.67. The second kappa shape index (κ2) is 6.67. The molecular weight excluding hydrogens is 303 g/mol. The van der Waals surface area contributed by atoms with Crippen molar-refractivity contribution in [3.05, 3.63) is 35.1 Å². The number of benzene rings is 1. The number of rotatable bonds is 4. The maximum Gasteiger partial charge on any atom is 0.408 e. The smallest absolute Gasteiger partial charge is 0.408 e. The number of nitrogens with one attached hydrogen (secondary N) is 1. The standard InChI is InChI=1S/C14H16F3NO4/c1-14(2,3)22-13(21)18-9(6-10(19)20)7-4-5-8(15)12(17)11(7)16/h4-5,9H,6H2,1-3H3,(H,18,21)(H,19,20)/t9-/m1/s1. The molecule has 8 heteroatoms. The maximum absolute atomic E-state index is 13.8. The Bertz CT molecular complexity index is 584. The molecular formula is C14H16F3NO4. The molecule has 0 bridgehead atoms. The van der Waals surface area contributed by atoms with Gasteiger partial charge in [-0.15, -0.1) is 0 Å². The number of halogens is 3. The molecule has 22 heavy (non-hydrogen) atoms. The molecule has 5 nitrogen and oxygen atoms in total. The van der Waals surface area contributed by atoms with Gasteiger partial charge in [-0.3, -0.25) is 4.79 Å². The van der Waals surface area contributed by atoms with E-state index < -0.39 is 53.1 Å². The Kier molecular flexibility index (Phi) is 5.40. The minimum Gasteiger partial charge on any atom is -0.481 e. The highest BCUT2D eigenvalue weighted by Gasteiger charge is 2.26. The van der Waals surface area contributed by atoms with Crippen molar-refractivity contribution in [2.45, 2.75) is 38.8 Å². The summed E-state index contributed by atoms with van der Waals surface area (Å²) in [4.78, 5) is 22.5. The molecule has 0 aliphatic rings. The van der Waals surface area contributed by atoms with Gasteiger partial charge in [0.1, 0.15) is 5.60 Å². The molecule has 1 rings (SSSR count). The number of amides is 1. The Morgan fingerprint density at radius 2 is 1.82 bits per heavy atom. The van der Waals surface area contributed by atoms with Gasteiger partial charge >= 0.3 is 12.1 Å². The number of carbonyl (C=O) groups excluding carboxylic acids is 1. The van der Waals surface area contributed by atoms with Gasteiger partial charge in [-0.25, -0.2) is 18.0 Å². The van der Waals surface area contributed by atoms with Gasteiger partial charge in [0.25, 0.3) is 0 Å². The van der Waals surface area contributed by atoms with E-state index in [4.69, 9.17) is 9.84 Å². The van der Waals surface area contributed by atoms with Crippen molar-refractivity contribution in [3.63, 3.8) is 0 Å². The van der Waals surface area contributed by atoms with E-state index in [-0.39, 0.29) is 0 Å².